The Morgan fingerprint density at radius 3 is 2.60 bits per heavy atom. The third-order valence-corrected chi connectivity index (χ3v) is 2.07. The van der Waals surface area contributed by atoms with Gasteiger partial charge in [0.25, 0.3) is 0 Å². The fourth-order valence-corrected chi connectivity index (χ4v) is 1.08. The van der Waals surface area contributed by atoms with E-state index in [0.717, 1.165) is 12.1 Å². The predicted octanol–water partition coefficient (Wildman–Crippen LogP) is 2.72. The molecular weight excluding hydrogens is 223 g/mol. The molecule has 1 N–H and O–H groups in total. The first-order valence-corrected chi connectivity index (χ1v) is 4.58. The Kier molecular flexibility index (Phi) is 3.19. The van der Waals surface area contributed by atoms with Crippen molar-refractivity contribution in [3.63, 3.8) is 0 Å². The zero-order chi connectivity index (χ0) is 11.6. The minimum Gasteiger partial charge on any atom is -0.478 e. The molecule has 0 atom stereocenters. The Bertz CT molecular complexity index is 390. The summed E-state index contributed by atoms with van der Waals surface area (Å²) in [6.45, 7) is 2.77. The molecule has 0 saturated carbocycles. The summed E-state index contributed by atoms with van der Waals surface area (Å²) in [6, 6.07) is 3.51. The van der Waals surface area contributed by atoms with E-state index in [-0.39, 0.29) is 10.8 Å². The summed E-state index contributed by atoms with van der Waals surface area (Å²) >= 11 is 5.68. The second-order valence-corrected chi connectivity index (χ2v) is 3.90. The molecule has 1 rings (SSSR count). The molecule has 5 heteroatoms. The highest BCUT2D eigenvalue weighted by molar-refractivity contribution is 6.32. The van der Waals surface area contributed by atoms with Gasteiger partial charge in [-0.05, 0) is 32.0 Å². The van der Waals surface area contributed by atoms with Crippen LogP contribution in [0.3, 0.4) is 0 Å². The molecule has 1 aromatic rings. The molecule has 82 valence electrons. The van der Waals surface area contributed by atoms with E-state index in [1.54, 1.807) is 0 Å². The first kappa shape index (κ1) is 11.8. The smallest absolute Gasteiger partial charge is 0.347 e. The molecule has 0 aromatic heterocycles. The van der Waals surface area contributed by atoms with Gasteiger partial charge in [0, 0.05) is 0 Å². The van der Waals surface area contributed by atoms with Crippen molar-refractivity contribution in [3.05, 3.63) is 29.0 Å². The lowest BCUT2D eigenvalue weighted by molar-refractivity contribution is -0.152. The van der Waals surface area contributed by atoms with Gasteiger partial charge in [-0.1, -0.05) is 11.6 Å². The second-order valence-electron chi connectivity index (χ2n) is 3.49. The van der Waals surface area contributed by atoms with E-state index in [1.807, 2.05) is 0 Å². The van der Waals surface area contributed by atoms with E-state index in [4.69, 9.17) is 21.4 Å². The molecule has 0 amide bonds. The minimum atomic E-state index is -1.40. The van der Waals surface area contributed by atoms with Gasteiger partial charge in [0.15, 0.2) is 5.60 Å². The summed E-state index contributed by atoms with van der Waals surface area (Å²) in [4.78, 5) is 10.8. The summed E-state index contributed by atoms with van der Waals surface area (Å²) in [7, 11) is 0. The van der Waals surface area contributed by atoms with Gasteiger partial charge in [-0.25, -0.2) is 9.18 Å². The molecule has 0 fully saturated rings. The van der Waals surface area contributed by atoms with Crippen molar-refractivity contribution in [1.82, 2.24) is 0 Å². The number of hydrogen-bond acceptors (Lipinski definition) is 2. The molecule has 0 aliphatic rings. The monoisotopic (exact) mass is 232 g/mol. The third kappa shape index (κ3) is 2.83. The highest BCUT2D eigenvalue weighted by Crippen LogP contribution is 2.28. The Balaban J connectivity index is 2.95. The fraction of sp³-hybridized carbons (Fsp3) is 0.300. The molecule has 0 bridgehead atoms. The van der Waals surface area contributed by atoms with E-state index >= 15 is 0 Å². The maximum Gasteiger partial charge on any atom is 0.347 e. The lowest BCUT2D eigenvalue weighted by Crippen LogP contribution is -2.37. The van der Waals surface area contributed by atoms with Crippen LogP contribution in [0.4, 0.5) is 4.39 Å². The number of hydrogen-bond donors (Lipinski definition) is 1. The third-order valence-electron chi connectivity index (χ3n) is 1.77. The lowest BCUT2D eigenvalue weighted by atomic mass is 10.1. The van der Waals surface area contributed by atoms with Gasteiger partial charge in [-0.2, -0.15) is 0 Å². The average Bonchev–Trinajstić information content (AvgIpc) is 2.09. The van der Waals surface area contributed by atoms with Crippen LogP contribution in [0.1, 0.15) is 13.8 Å². The average molecular weight is 233 g/mol. The summed E-state index contributed by atoms with van der Waals surface area (Å²) in [5.41, 5.74) is -1.40. The van der Waals surface area contributed by atoms with Crippen LogP contribution in [0.15, 0.2) is 18.2 Å². The predicted molar refractivity (Wildman–Crippen MR) is 53.8 cm³/mol. The highest BCUT2D eigenvalue weighted by atomic mass is 35.5. The van der Waals surface area contributed by atoms with Crippen molar-refractivity contribution in [2.45, 2.75) is 19.4 Å². The minimum absolute atomic E-state index is 0.0457. The van der Waals surface area contributed by atoms with Crippen LogP contribution in [0, 0.1) is 5.82 Å². The summed E-state index contributed by atoms with van der Waals surface area (Å²) in [6.07, 6.45) is 0. The number of rotatable bonds is 3. The van der Waals surface area contributed by atoms with Crippen LogP contribution in [0.5, 0.6) is 5.75 Å². The lowest BCUT2D eigenvalue weighted by Gasteiger charge is -2.22. The van der Waals surface area contributed by atoms with Gasteiger partial charge in [-0.15, -0.1) is 0 Å². The zero-order valence-corrected chi connectivity index (χ0v) is 9.01. The van der Waals surface area contributed by atoms with Crippen molar-refractivity contribution in [1.29, 1.82) is 0 Å². The number of carbonyl (C=O) groups is 1. The summed E-state index contributed by atoms with van der Waals surface area (Å²) in [5, 5.41) is 8.85. The van der Waals surface area contributed by atoms with Crippen LogP contribution in [0.2, 0.25) is 5.02 Å². The first-order valence-electron chi connectivity index (χ1n) is 4.20. The molecule has 1 aromatic carbocycles. The van der Waals surface area contributed by atoms with Crippen LogP contribution < -0.4 is 4.74 Å². The van der Waals surface area contributed by atoms with Gasteiger partial charge in [0.2, 0.25) is 0 Å². The van der Waals surface area contributed by atoms with Crippen molar-refractivity contribution in [3.8, 4) is 5.75 Å². The van der Waals surface area contributed by atoms with Crippen LogP contribution in [-0.4, -0.2) is 16.7 Å². The van der Waals surface area contributed by atoms with Gasteiger partial charge in [0.1, 0.15) is 11.6 Å². The SMILES string of the molecule is CC(C)(Oc1ccc(F)cc1Cl)C(=O)O. The number of halogens is 2. The molecule has 3 nitrogen and oxygen atoms in total. The molecule has 0 saturated heterocycles. The molecule has 0 radical (unpaired) electrons. The van der Waals surface area contributed by atoms with E-state index in [1.165, 1.54) is 19.9 Å². The Hall–Kier alpha value is -1.29. The Morgan fingerprint density at radius 1 is 1.53 bits per heavy atom. The van der Waals surface area contributed by atoms with Crippen molar-refractivity contribution >= 4 is 17.6 Å². The molecular formula is C10H10ClFO3. The van der Waals surface area contributed by atoms with Crippen molar-refractivity contribution in [2.24, 2.45) is 0 Å². The van der Waals surface area contributed by atoms with E-state index in [0.29, 0.717) is 0 Å². The van der Waals surface area contributed by atoms with Gasteiger partial charge in [-0.3, -0.25) is 0 Å². The molecule has 0 unspecified atom stereocenters. The number of benzene rings is 1. The maximum atomic E-state index is 12.7. The molecule has 0 aliphatic carbocycles. The second kappa shape index (κ2) is 4.06. The number of carboxylic acids is 1. The van der Waals surface area contributed by atoms with Crippen molar-refractivity contribution in [2.75, 3.05) is 0 Å². The number of carboxylic acid groups (broad SMARTS) is 1. The standard InChI is InChI=1S/C10H10ClFO3/c1-10(2,9(13)14)15-8-4-3-6(12)5-7(8)11/h3-5H,1-2H3,(H,13,14). The summed E-state index contributed by atoms with van der Waals surface area (Å²) < 4.78 is 17.8. The van der Waals surface area contributed by atoms with Crippen LogP contribution >= 0.6 is 11.6 Å². The van der Waals surface area contributed by atoms with E-state index in [2.05, 4.69) is 0 Å². The maximum absolute atomic E-state index is 12.7. The zero-order valence-electron chi connectivity index (χ0n) is 8.25. The Morgan fingerprint density at radius 2 is 2.13 bits per heavy atom. The number of aliphatic carboxylic acids is 1. The van der Waals surface area contributed by atoms with Crippen LogP contribution in [0.25, 0.3) is 0 Å². The first-order chi connectivity index (χ1) is 6.83. The topological polar surface area (TPSA) is 46.5 Å². The number of ether oxygens (including phenoxy) is 1. The van der Waals surface area contributed by atoms with Gasteiger partial charge >= 0.3 is 5.97 Å². The van der Waals surface area contributed by atoms with E-state index < -0.39 is 17.4 Å². The molecule has 0 spiro atoms. The molecule has 0 aliphatic heterocycles. The summed E-state index contributed by atoms with van der Waals surface area (Å²) in [5.74, 6) is -1.48. The van der Waals surface area contributed by atoms with Crippen LogP contribution in [-0.2, 0) is 4.79 Å². The molecule has 0 heterocycles. The van der Waals surface area contributed by atoms with E-state index in [9.17, 15) is 9.18 Å². The Labute approximate surface area is 91.4 Å². The quantitative estimate of drug-likeness (QED) is 0.872. The van der Waals surface area contributed by atoms with Gasteiger partial charge < -0.3 is 9.84 Å². The molecule has 15 heavy (non-hydrogen) atoms. The fourth-order valence-electron chi connectivity index (χ4n) is 0.877. The largest absolute Gasteiger partial charge is 0.478 e. The normalized spacial score (nSPS) is 11.2. The highest BCUT2D eigenvalue weighted by Gasteiger charge is 2.30. The van der Waals surface area contributed by atoms with Crippen molar-refractivity contribution < 1.29 is 19.0 Å². The van der Waals surface area contributed by atoms with Gasteiger partial charge in [0.05, 0.1) is 5.02 Å².